The third-order valence-electron chi connectivity index (χ3n) is 8.58. The zero-order valence-corrected chi connectivity index (χ0v) is 14.0. The van der Waals surface area contributed by atoms with E-state index in [1.807, 2.05) is 0 Å². The molecule has 3 heteroatoms. The second-order valence-corrected chi connectivity index (χ2v) is 8.95. The molecule has 3 aliphatic heterocycles. The Morgan fingerprint density at radius 2 is 1.87 bits per heavy atom. The van der Waals surface area contributed by atoms with E-state index in [2.05, 4.69) is 41.1 Å². The van der Waals surface area contributed by atoms with Crippen LogP contribution in [0.2, 0.25) is 0 Å². The maximum absolute atomic E-state index is 10.5. The third-order valence-corrected chi connectivity index (χ3v) is 8.58. The number of para-hydroxylation sites is 1. The molecule has 0 radical (unpaired) electrons. The molecule has 3 atom stereocenters. The monoisotopic (exact) mass is 310 g/mol. The molecule has 0 aromatic heterocycles. The summed E-state index contributed by atoms with van der Waals surface area (Å²) < 4.78 is 0. The van der Waals surface area contributed by atoms with Crippen molar-refractivity contribution < 1.29 is 5.11 Å². The van der Waals surface area contributed by atoms with Gasteiger partial charge in [0, 0.05) is 30.7 Å². The van der Waals surface area contributed by atoms with E-state index >= 15 is 0 Å². The van der Waals surface area contributed by atoms with Crippen LogP contribution in [0.3, 0.4) is 0 Å². The SMILES string of the molecule is CN1c2ccccc2C23CCN4CC(O)CC5(CCC12CC5)C43. The summed E-state index contributed by atoms with van der Waals surface area (Å²) in [6, 6.07) is 9.88. The number of nitrogens with zero attached hydrogens (tertiary/aromatic N) is 2. The summed E-state index contributed by atoms with van der Waals surface area (Å²) >= 11 is 0. The number of piperidine rings is 1. The minimum Gasteiger partial charge on any atom is -0.392 e. The number of hydrogen-bond donors (Lipinski definition) is 1. The molecule has 3 nitrogen and oxygen atoms in total. The van der Waals surface area contributed by atoms with Crippen LogP contribution in [0.25, 0.3) is 0 Å². The van der Waals surface area contributed by atoms with Crippen LogP contribution in [0.4, 0.5) is 5.69 Å². The van der Waals surface area contributed by atoms with E-state index in [-0.39, 0.29) is 6.10 Å². The van der Waals surface area contributed by atoms with E-state index in [1.165, 1.54) is 44.3 Å². The highest BCUT2D eigenvalue weighted by Gasteiger charge is 2.76. The fourth-order valence-corrected chi connectivity index (χ4v) is 8.03. The summed E-state index contributed by atoms with van der Waals surface area (Å²) in [5, 5.41) is 10.5. The predicted octanol–water partition coefficient (Wildman–Crippen LogP) is 2.53. The van der Waals surface area contributed by atoms with Gasteiger partial charge >= 0.3 is 0 Å². The highest BCUT2D eigenvalue weighted by molar-refractivity contribution is 5.69. The number of likely N-dealkylation sites (N-methyl/N-ethyl adjacent to an activating group) is 1. The summed E-state index contributed by atoms with van der Waals surface area (Å²) in [4.78, 5) is 5.34. The second kappa shape index (κ2) is 3.78. The van der Waals surface area contributed by atoms with Gasteiger partial charge < -0.3 is 10.0 Å². The molecule has 6 aliphatic rings. The molecule has 5 fully saturated rings. The maximum Gasteiger partial charge on any atom is 0.0673 e. The van der Waals surface area contributed by atoms with Gasteiger partial charge in [0.15, 0.2) is 0 Å². The van der Waals surface area contributed by atoms with Crippen molar-refractivity contribution in [2.24, 2.45) is 5.41 Å². The average molecular weight is 310 g/mol. The van der Waals surface area contributed by atoms with E-state index in [9.17, 15) is 5.11 Å². The van der Waals surface area contributed by atoms with Crippen molar-refractivity contribution in [1.82, 2.24) is 4.90 Å². The molecule has 3 unspecified atom stereocenters. The van der Waals surface area contributed by atoms with Gasteiger partial charge in [0.1, 0.15) is 0 Å². The zero-order valence-electron chi connectivity index (χ0n) is 14.0. The molecule has 1 aromatic carbocycles. The van der Waals surface area contributed by atoms with Crippen LogP contribution in [-0.4, -0.2) is 47.8 Å². The van der Waals surface area contributed by atoms with Crippen LogP contribution in [-0.2, 0) is 5.41 Å². The number of hydrogen-bond acceptors (Lipinski definition) is 3. The minimum atomic E-state index is -0.110. The largest absolute Gasteiger partial charge is 0.392 e. The van der Waals surface area contributed by atoms with Crippen LogP contribution < -0.4 is 4.90 Å². The van der Waals surface area contributed by atoms with Crippen molar-refractivity contribution in [3.63, 3.8) is 0 Å². The Hall–Kier alpha value is -1.06. The van der Waals surface area contributed by atoms with Crippen molar-refractivity contribution in [2.45, 2.75) is 61.6 Å². The number of aliphatic hydroxyl groups excluding tert-OH is 1. The number of benzene rings is 1. The number of anilines is 1. The Kier molecular flexibility index (Phi) is 2.18. The van der Waals surface area contributed by atoms with Gasteiger partial charge in [0.25, 0.3) is 0 Å². The van der Waals surface area contributed by atoms with Gasteiger partial charge in [-0.2, -0.15) is 0 Å². The van der Waals surface area contributed by atoms with Crippen molar-refractivity contribution in [3.05, 3.63) is 29.8 Å². The van der Waals surface area contributed by atoms with Crippen molar-refractivity contribution >= 4 is 5.69 Å². The van der Waals surface area contributed by atoms with Gasteiger partial charge in [-0.05, 0) is 62.1 Å². The molecule has 1 aromatic rings. The summed E-state index contributed by atoms with van der Waals surface area (Å²) in [6.07, 6.45) is 7.47. The van der Waals surface area contributed by atoms with Gasteiger partial charge in [-0.3, -0.25) is 4.90 Å². The molecule has 3 spiro atoms. The van der Waals surface area contributed by atoms with Crippen LogP contribution in [0, 0.1) is 5.41 Å². The quantitative estimate of drug-likeness (QED) is 0.798. The minimum absolute atomic E-state index is 0.110. The molecular formula is C20H26N2O. The van der Waals surface area contributed by atoms with Crippen LogP contribution in [0.1, 0.15) is 44.1 Å². The fourth-order valence-electron chi connectivity index (χ4n) is 8.03. The summed E-state index contributed by atoms with van der Waals surface area (Å²) in [7, 11) is 2.35. The predicted molar refractivity (Wildman–Crippen MR) is 90.8 cm³/mol. The number of aliphatic hydroxyl groups is 1. The molecular weight excluding hydrogens is 284 g/mol. The fraction of sp³-hybridized carbons (Fsp3) is 0.700. The summed E-state index contributed by atoms with van der Waals surface area (Å²) in [5.74, 6) is 0. The first-order valence-electron chi connectivity index (χ1n) is 9.39. The summed E-state index contributed by atoms with van der Waals surface area (Å²) in [5.41, 5.74) is 4.12. The van der Waals surface area contributed by atoms with Gasteiger partial charge in [-0.25, -0.2) is 0 Å². The van der Waals surface area contributed by atoms with E-state index in [4.69, 9.17) is 0 Å². The molecule has 1 N–H and O–H groups in total. The van der Waals surface area contributed by atoms with Gasteiger partial charge in [-0.15, -0.1) is 0 Å². The van der Waals surface area contributed by atoms with Gasteiger partial charge in [-0.1, -0.05) is 18.2 Å². The second-order valence-electron chi connectivity index (χ2n) is 8.95. The molecule has 122 valence electrons. The Morgan fingerprint density at radius 1 is 1.09 bits per heavy atom. The first kappa shape index (κ1) is 13.3. The Balaban J connectivity index is 1.65. The van der Waals surface area contributed by atoms with Gasteiger partial charge in [0.05, 0.1) is 11.6 Å². The molecule has 23 heavy (non-hydrogen) atoms. The molecule has 3 saturated carbocycles. The van der Waals surface area contributed by atoms with E-state index < -0.39 is 0 Å². The molecule has 7 rings (SSSR count). The van der Waals surface area contributed by atoms with E-state index in [1.54, 1.807) is 5.56 Å². The molecule has 3 aliphatic carbocycles. The zero-order chi connectivity index (χ0) is 15.4. The number of fused-ring (bicyclic) bond motifs is 3. The third kappa shape index (κ3) is 1.18. The Morgan fingerprint density at radius 3 is 2.70 bits per heavy atom. The van der Waals surface area contributed by atoms with Crippen LogP contribution >= 0.6 is 0 Å². The summed E-state index contributed by atoms with van der Waals surface area (Å²) in [6.45, 7) is 2.07. The normalized spacial score (nSPS) is 49.9. The lowest BCUT2D eigenvalue weighted by Gasteiger charge is -2.68. The van der Waals surface area contributed by atoms with E-state index in [0.717, 1.165) is 13.0 Å². The lowest BCUT2D eigenvalue weighted by molar-refractivity contribution is -0.136. The molecule has 3 heterocycles. The van der Waals surface area contributed by atoms with E-state index in [0.29, 0.717) is 22.4 Å². The highest BCUT2D eigenvalue weighted by Crippen LogP contribution is 2.73. The van der Waals surface area contributed by atoms with Gasteiger partial charge in [0.2, 0.25) is 0 Å². The molecule has 2 bridgehead atoms. The number of rotatable bonds is 0. The Labute approximate surface area is 138 Å². The van der Waals surface area contributed by atoms with Crippen LogP contribution in [0.5, 0.6) is 0 Å². The molecule has 0 amide bonds. The highest BCUT2D eigenvalue weighted by atomic mass is 16.3. The first-order chi connectivity index (χ1) is 11.1. The lowest BCUT2D eigenvalue weighted by atomic mass is 9.41. The first-order valence-corrected chi connectivity index (χ1v) is 9.39. The maximum atomic E-state index is 10.5. The van der Waals surface area contributed by atoms with Crippen LogP contribution in [0.15, 0.2) is 24.3 Å². The standard InChI is InChI=1S/C20H26N2O/c1-21-16-5-3-2-4-15(16)20-10-11-22-13-14(23)12-18(17(20)22)6-8-19(20,21)9-7-18/h2-5,14,17,23H,6-13H2,1H3. The molecule has 2 saturated heterocycles. The van der Waals surface area contributed by atoms with Crippen molar-refractivity contribution in [2.75, 3.05) is 25.0 Å². The topological polar surface area (TPSA) is 26.7 Å². The smallest absolute Gasteiger partial charge is 0.0673 e. The van der Waals surface area contributed by atoms with Crippen molar-refractivity contribution in [3.8, 4) is 0 Å². The van der Waals surface area contributed by atoms with Crippen molar-refractivity contribution in [1.29, 1.82) is 0 Å². The lowest BCUT2D eigenvalue weighted by Crippen LogP contribution is -2.75. The Bertz CT molecular complexity index is 693. The average Bonchev–Trinajstić information content (AvgIpc) is 3.06.